The van der Waals surface area contributed by atoms with Gasteiger partial charge in [0, 0.05) is 63.0 Å². The van der Waals surface area contributed by atoms with E-state index < -0.39 is 10.0 Å². The van der Waals surface area contributed by atoms with Crippen LogP contribution in [0.4, 0.5) is 17.3 Å². The van der Waals surface area contributed by atoms with Gasteiger partial charge in [-0.05, 0) is 43.9 Å². The van der Waals surface area contributed by atoms with Gasteiger partial charge in [0.15, 0.2) is 5.65 Å². The number of halogens is 1. The number of nitrogens with zero attached hydrogens (tertiary/aromatic N) is 6. The number of hydrogen-bond acceptors (Lipinski definition) is 8. The number of anilines is 3. The van der Waals surface area contributed by atoms with Crippen molar-refractivity contribution in [2.75, 3.05) is 66.6 Å². The molecule has 1 aromatic carbocycles. The molecule has 0 aliphatic carbocycles. The van der Waals surface area contributed by atoms with Crippen molar-refractivity contribution in [2.45, 2.75) is 31.7 Å². The van der Waals surface area contributed by atoms with Gasteiger partial charge in [-0.2, -0.15) is 9.61 Å². The summed E-state index contributed by atoms with van der Waals surface area (Å²) in [5.74, 6) is 1.69. The van der Waals surface area contributed by atoms with Gasteiger partial charge in [-0.25, -0.2) is 13.4 Å². The first-order valence-corrected chi connectivity index (χ1v) is 15.7. The molecule has 3 saturated heterocycles. The number of likely N-dealkylation sites (tertiary alicyclic amines) is 1. The quantitative estimate of drug-likeness (QED) is 0.463. The van der Waals surface area contributed by atoms with E-state index in [1.54, 1.807) is 11.0 Å². The summed E-state index contributed by atoms with van der Waals surface area (Å²) in [6, 6.07) is 8.49. The van der Waals surface area contributed by atoms with E-state index in [4.69, 9.17) is 21.7 Å². The third kappa shape index (κ3) is 5.37. The highest BCUT2D eigenvalue weighted by molar-refractivity contribution is 7.92. The van der Waals surface area contributed by atoms with Crippen LogP contribution in [0.1, 0.15) is 47.8 Å². The Morgan fingerprint density at radius 1 is 1.03 bits per heavy atom. The number of aromatic nitrogens is 3. The summed E-state index contributed by atoms with van der Waals surface area (Å²) in [6.45, 7) is 6.12. The molecule has 39 heavy (non-hydrogen) atoms. The van der Waals surface area contributed by atoms with Crippen molar-refractivity contribution in [1.82, 2.24) is 24.8 Å². The summed E-state index contributed by atoms with van der Waals surface area (Å²) in [4.78, 5) is 25.3. The number of carbonyl (C=O) groups is 1. The van der Waals surface area contributed by atoms with E-state index in [1.165, 1.54) is 18.6 Å². The number of piperazine rings is 1. The van der Waals surface area contributed by atoms with E-state index in [9.17, 15) is 13.2 Å². The van der Waals surface area contributed by atoms with Gasteiger partial charge in [-0.1, -0.05) is 11.6 Å². The molecule has 2 N–H and O–H groups in total. The maximum Gasteiger partial charge on any atom is 0.256 e. The molecule has 6 rings (SSSR count). The first-order valence-electron chi connectivity index (χ1n) is 13.5. The number of carbonyl (C=O) groups excluding carboxylic acids is 1. The van der Waals surface area contributed by atoms with Gasteiger partial charge in [0.05, 0.1) is 29.2 Å². The van der Waals surface area contributed by atoms with Gasteiger partial charge in [-0.15, -0.1) is 0 Å². The molecule has 0 unspecified atom stereocenters. The van der Waals surface area contributed by atoms with Crippen molar-refractivity contribution in [3.8, 4) is 0 Å². The largest absolute Gasteiger partial charge is 0.356 e. The minimum atomic E-state index is -3.58. The van der Waals surface area contributed by atoms with Crippen LogP contribution in [0.25, 0.3) is 5.65 Å². The SMILES string of the molecule is CS(=O)(=O)Nc1ccc(Cl)cc1C(=O)N1CCCC[C@H]1c1cc2nc(N3CCC3)cc(N3CCNCC3)n2n1. The highest BCUT2D eigenvalue weighted by atomic mass is 35.5. The van der Waals surface area contributed by atoms with E-state index in [2.05, 4.69) is 25.9 Å². The Morgan fingerprint density at radius 2 is 1.82 bits per heavy atom. The van der Waals surface area contributed by atoms with E-state index in [0.29, 0.717) is 11.6 Å². The Morgan fingerprint density at radius 3 is 2.54 bits per heavy atom. The van der Waals surface area contributed by atoms with Gasteiger partial charge >= 0.3 is 0 Å². The van der Waals surface area contributed by atoms with Crippen LogP contribution >= 0.6 is 11.6 Å². The molecule has 2 aromatic heterocycles. The fourth-order valence-electron chi connectivity index (χ4n) is 5.57. The molecular formula is C26H33ClN8O3S. The van der Waals surface area contributed by atoms with Gasteiger partial charge < -0.3 is 20.0 Å². The second-order valence-electron chi connectivity index (χ2n) is 10.5. The highest BCUT2D eigenvalue weighted by Gasteiger charge is 2.33. The molecule has 0 spiro atoms. The smallest absolute Gasteiger partial charge is 0.256 e. The van der Waals surface area contributed by atoms with Crippen molar-refractivity contribution >= 4 is 50.5 Å². The number of sulfonamides is 1. The van der Waals surface area contributed by atoms with Crippen LogP contribution in [0.2, 0.25) is 5.02 Å². The Bertz CT molecular complexity index is 1500. The summed E-state index contributed by atoms with van der Waals surface area (Å²) in [5.41, 5.74) is 1.99. The van der Waals surface area contributed by atoms with Gasteiger partial charge in [0.25, 0.3) is 5.91 Å². The maximum absolute atomic E-state index is 13.9. The van der Waals surface area contributed by atoms with Crippen LogP contribution in [0.15, 0.2) is 30.3 Å². The molecule has 3 aromatic rings. The van der Waals surface area contributed by atoms with Crippen molar-refractivity contribution in [3.05, 3.63) is 46.6 Å². The van der Waals surface area contributed by atoms with Crippen LogP contribution in [-0.2, 0) is 10.0 Å². The highest BCUT2D eigenvalue weighted by Crippen LogP contribution is 2.35. The molecule has 1 atom stereocenters. The Hall–Kier alpha value is -3.09. The molecule has 11 nitrogen and oxygen atoms in total. The fraction of sp³-hybridized carbons (Fsp3) is 0.500. The van der Waals surface area contributed by atoms with E-state index in [-0.39, 0.29) is 23.2 Å². The minimum Gasteiger partial charge on any atom is -0.356 e. The van der Waals surface area contributed by atoms with Crippen LogP contribution in [0, 0.1) is 0 Å². The topological polar surface area (TPSA) is 115 Å². The number of nitrogens with one attached hydrogen (secondary N) is 2. The first kappa shape index (κ1) is 26.1. The molecule has 13 heteroatoms. The third-order valence-corrected chi connectivity index (χ3v) is 8.47. The molecule has 0 saturated carbocycles. The number of benzene rings is 1. The second kappa shape index (κ2) is 10.5. The fourth-order valence-corrected chi connectivity index (χ4v) is 6.32. The first-order chi connectivity index (χ1) is 18.8. The van der Waals surface area contributed by atoms with Crippen LogP contribution < -0.4 is 19.8 Å². The van der Waals surface area contributed by atoms with Gasteiger partial charge in [0.2, 0.25) is 10.0 Å². The average Bonchev–Trinajstić information content (AvgIpc) is 3.32. The van der Waals surface area contributed by atoms with E-state index in [0.717, 1.165) is 87.8 Å². The predicted octanol–water partition coefficient (Wildman–Crippen LogP) is 2.74. The Balaban J connectivity index is 1.38. The predicted molar refractivity (Wildman–Crippen MR) is 152 cm³/mol. The monoisotopic (exact) mass is 572 g/mol. The zero-order valence-corrected chi connectivity index (χ0v) is 23.5. The van der Waals surface area contributed by atoms with E-state index >= 15 is 0 Å². The third-order valence-electron chi connectivity index (χ3n) is 7.65. The van der Waals surface area contributed by atoms with Gasteiger partial charge in [-0.3, -0.25) is 9.52 Å². The van der Waals surface area contributed by atoms with Gasteiger partial charge in [0.1, 0.15) is 11.6 Å². The molecule has 5 heterocycles. The summed E-state index contributed by atoms with van der Waals surface area (Å²) in [7, 11) is -3.58. The molecule has 3 aliphatic heterocycles. The second-order valence-corrected chi connectivity index (χ2v) is 12.6. The number of rotatable bonds is 6. The number of piperidine rings is 1. The summed E-state index contributed by atoms with van der Waals surface area (Å²) >= 11 is 6.24. The minimum absolute atomic E-state index is 0.216. The zero-order valence-electron chi connectivity index (χ0n) is 21.9. The Labute approximate surface area is 233 Å². The van der Waals surface area contributed by atoms with Crippen LogP contribution in [-0.4, -0.2) is 85.9 Å². The van der Waals surface area contributed by atoms with Crippen LogP contribution in [0.5, 0.6) is 0 Å². The lowest BCUT2D eigenvalue weighted by molar-refractivity contribution is 0.0607. The molecule has 208 valence electrons. The zero-order chi connectivity index (χ0) is 27.1. The van der Waals surface area contributed by atoms with Crippen molar-refractivity contribution in [2.24, 2.45) is 0 Å². The summed E-state index contributed by atoms with van der Waals surface area (Å²) < 4.78 is 28.4. The van der Waals surface area contributed by atoms with Crippen molar-refractivity contribution in [1.29, 1.82) is 0 Å². The standard InChI is InChI=1S/C26H33ClN8O3S/c1-39(37,38)31-20-7-6-18(27)15-19(20)26(36)34-12-3-2-5-22(34)21-16-24-29-23(32-10-4-11-32)17-25(35(24)30-21)33-13-8-28-9-14-33/h6-7,15-17,22,28,31H,2-5,8-14H2,1H3/t22-/m0/s1. The van der Waals surface area contributed by atoms with Crippen molar-refractivity contribution in [3.63, 3.8) is 0 Å². The molecule has 3 aliphatic rings. The Kier molecular flexibility index (Phi) is 7.02. The molecule has 0 bridgehead atoms. The molecule has 0 radical (unpaired) electrons. The molecular weight excluding hydrogens is 540 g/mol. The normalized spacial score (nSPS) is 20.3. The van der Waals surface area contributed by atoms with Crippen LogP contribution in [0.3, 0.4) is 0 Å². The lowest BCUT2D eigenvalue weighted by Gasteiger charge is -2.35. The molecule has 1 amide bonds. The summed E-state index contributed by atoms with van der Waals surface area (Å²) in [5, 5.41) is 8.80. The van der Waals surface area contributed by atoms with Crippen molar-refractivity contribution < 1.29 is 13.2 Å². The lowest BCUT2D eigenvalue weighted by Crippen LogP contribution is -2.44. The maximum atomic E-state index is 13.9. The number of amides is 1. The number of hydrogen-bond donors (Lipinski definition) is 2. The molecule has 3 fully saturated rings. The number of fused-ring (bicyclic) bond motifs is 1. The summed E-state index contributed by atoms with van der Waals surface area (Å²) in [6.07, 6.45) is 4.80. The average molecular weight is 573 g/mol. The lowest BCUT2D eigenvalue weighted by atomic mass is 9.98. The van der Waals surface area contributed by atoms with E-state index in [1.807, 2.05) is 10.6 Å².